The molecule has 1 rings (SSSR count). The van der Waals surface area contributed by atoms with E-state index in [0.717, 1.165) is 25.9 Å². The number of carbonyl (C=O) groups is 1. The average Bonchev–Trinajstić information content (AvgIpc) is 2.27. The monoisotopic (exact) mass is 271 g/mol. The lowest BCUT2D eigenvalue weighted by atomic mass is 9.77. The van der Waals surface area contributed by atoms with Crippen molar-refractivity contribution in [1.29, 1.82) is 0 Å². The molecule has 0 radical (unpaired) electrons. The minimum atomic E-state index is -0.438. The first-order chi connectivity index (χ1) is 8.74. The third-order valence-electron chi connectivity index (χ3n) is 3.81. The maximum atomic E-state index is 12.1. The Morgan fingerprint density at radius 3 is 2.53 bits per heavy atom. The summed E-state index contributed by atoms with van der Waals surface area (Å²) in [5.74, 6) is 1.49. The second-order valence-electron chi connectivity index (χ2n) is 6.90. The molecule has 0 spiro atoms. The van der Waals surface area contributed by atoms with Gasteiger partial charge in [-0.2, -0.15) is 0 Å². The van der Waals surface area contributed by atoms with E-state index >= 15 is 0 Å². The third-order valence-corrected chi connectivity index (χ3v) is 3.81. The number of ether oxygens (including phenoxy) is 1. The molecule has 1 fully saturated rings. The Morgan fingerprint density at radius 1 is 1.42 bits per heavy atom. The summed E-state index contributed by atoms with van der Waals surface area (Å²) in [5.41, 5.74) is -0.438. The van der Waals surface area contributed by atoms with E-state index in [0.29, 0.717) is 17.8 Å². The van der Waals surface area contributed by atoms with Gasteiger partial charge in [0.25, 0.3) is 0 Å². The number of rotatable bonds is 3. The lowest BCUT2D eigenvalue weighted by Crippen LogP contribution is -2.47. The van der Waals surface area contributed by atoms with E-state index < -0.39 is 5.60 Å². The van der Waals surface area contributed by atoms with Crippen molar-refractivity contribution in [3.05, 3.63) is 0 Å². The van der Waals surface area contributed by atoms with Crippen molar-refractivity contribution in [2.45, 2.75) is 53.1 Å². The Kier molecular flexibility index (Phi) is 5.65. The van der Waals surface area contributed by atoms with Crippen LogP contribution in [-0.2, 0) is 4.74 Å². The topological polar surface area (TPSA) is 49.8 Å². The van der Waals surface area contributed by atoms with Crippen LogP contribution in [0.15, 0.2) is 0 Å². The van der Waals surface area contributed by atoms with Crippen molar-refractivity contribution in [3.8, 4) is 0 Å². The first-order valence-corrected chi connectivity index (χ1v) is 7.33. The summed E-state index contributed by atoms with van der Waals surface area (Å²) in [6.45, 7) is 11.8. The van der Waals surface area contributed by atoms with E-state index in [1.54, 1.807) is 0 Å². The van der Waals surface area contributed by atoms with Crippen LogP contribution in [-0.4, -0.2) is 41.4 Å². The van der Waals surface area contributed by atoms with Gasteiger partial charge in [-0.3, -0.25) is 0 Å². The highest BCUT2D eigenvalue weighted by atomic mass is 16.6. The van der Waals surface area contributed by atoms with Crippen LogP contribution in [0.2, 0.25) is 0 Å². The molecule has 0 aromatic rings. The molecule has 1 aliphatic rings. The molecule has 2 atom stereocenters. The molecule has 4 nitrogen and oxygen atoms in total. The Labute approximate surface area is 117 Å². The van der Waals surface area contributed by atoms with E-state index in [4.69, 9.17) is 9.84 Å². The average molecular weight is 271 g/mol. The third kappa shape index (κ3) is 5.01. The zero-order chi connectivity index (χ0) is 14.6. The zero-order valence-corrected chi connectivity index (χ0v) is 13.0. The SMILES string of the molecule is CC(C)C1CN(C(=O)OC(C)(C)C)CCC1CCO. The van der Waals surface area contributed by atoms with Crippen LogP contribution in [0.25, 0.3) is 0 Å². The Morgan fingerprint density at radius 2 is 2.05 bits per heavy atom. The summed E-state index contributed by atoms with van der Waals surface area (Å²) in [6, 6.07) is 0. The molecule has 0 saturated carbocycles. The maximum absolute atomic E-state index is 12.1. The lowest BCUT2D eigenvalue weighted by Gasteiger charge is -2.40. The van der Waals surface area contributed by atoms with Gasteiger partial charge in [-0.05, 0) is 51.4 Å². The number of likely N-dealkylation sites (tertiary alicyclic amines) is 1. The largest absolute Gasteiger partial charge is 0.444 e. The molecule has 0 aliphatic carbocycles. The van der Waals surface area contributed by atoms with Crippen molar-refractivity contribution in [2.24, 2.45) is 17.8 Å². The maximum Gasteiger partial charge on any atom is 0.410 e. The number of hydrogen-bond donors (Lipinski definition) is 1. The molecule has 0 bridgehead atoms. The van der Waals surface area contributed by atoms with Crippen LogP contribution in [0.3, 0.4) is 0 Å². The molecule has 112 valence electrons. The predicted molar refractivity (Wildman–Crippen MR) is 75.9 cm³/mol. The number of piperidine rings is 1. The summed E-state index contributed by atoms with van der Waals surface area (Å²) >= 11 is 0. The van der Waals surface area contributed by atoms with Crippen LogP contribution in [0.5, 0.6) is 0 Å². The minimum Gasteiger partial charge on any atom is -0.444 e. The quantitative estimate of drug-likeness (QED) is 0.858. The van der Waals surface area contributed by atoms with Gasteiger partial charge in [-0.15, -0.1) is 0 Å². The van der Waals surface area contributed by atoms with Crippen molar-refractivity contribution in [1.82, 2.24) is 4.90 Å². The summed E-state index contributed by atoms with van der Waals surface area (Å²) in [7, 11) is 0. The highest BCUT2D eigenvalue weighted by molar-refractivity contribution is 5.68. The number of nitrogens with zero attached hydrogens (tertiary/aromatic N) is 1. The van der Waals surface area contributed by atoms with Gasteiger partial charge in [0.05, 0.1) is 0 Å². The molecule has 1 aliphatic heterocycles. The van der Waals surface area contributed by atoms with Crippen molar-refractivity contribution >= 4 is 6.09 Å². The number of hydrogen-bond acceptors (Lipinski definition) is 3. The predicted octanol–water partition coefficient (Wildman–Crippen LogP) is 2.90. The van der Waals surface area contributed by atoms with Crippen LogP contribution < -0.4 is 0 Å². The zero-order valence-electron chi connectivity index (χ0n) is 13.0. The summed E-state index contributed by atoms with van der Waals surface area (Å²) < 4.78 is 5.44. The van der Waals surface area contributed by atoms with Gasteiger partial charge in [-0.1, -0.05) is 13.8 Å². The molecule has 1 amide bonds. The molecule has 1 N–H and O–H groups in total. The van der Waals surface area contributed by atoms with Gasteiger partial charge >= 0.3 is 6.09 Å². The molecule has 1 saturated heterocycles. The summed E-state index contributed by atoms with van der Waals surface area (Å²) in [5, 5.41) is 9.14. The smallest absolute Gasteiger partial charge is 0.410 e. The van der Waals surface area contributed by atoms with Gasteiger partial charge in [0.15, 0.2) is 0 Å². The van der Waals surface area contributed by atoms with E-state index in [-0.39, 0.29) is 12.7 Å². The highest BCUT2D eigenvalue weighted by Gasteiger charge is 2.34. The van der Waals surface area contributed by atoms with Gasteiger partial charge in [0.1, 0.15) is 5.60 Å². The fourth-order valence-electron chi connectivity index (χ4n) is 2.80. The van der Waals surface area contributed by atoms with Crippen LogP contribution in [0.4, 0.5) is 4.79 Å². The fraction of sp³-hybridized carbons (Fsp3) is 0.933. The van der Waals surface area contributed by atoms with Crippen LogP contribution in [0, 0.1) is 17.8 Å². The van der Waals surface area contributed by atoms with Crippen molar-refractivity contribution in [2.75, 3.05) is 19.7 Å². The Hall–Kier alpha value is -0.770. The van der Waals surface area contributed by atoms with Gasteiger partial charge in [-0.25, -0.2) is 4.79 Å². The van der Waals surface area contributed by atoms with E-state index in [2.05, 4.69) is 13.8 Å². The molecule has 19 heavy (non-hydrogen) atoms. The number of aliphatic hydroxyl groups is 1. The van der Waals surface area contributed by atoms with E-state index in [1.807, 2.05) is 25.7 Å². The molecule has 0 aromatic heterocycles. The molecular weight excluding hydrogens is 242 g/mol. The van der Waals surface area contributed by atoms with Gasteiger partial charge < -0.3 is 14.7 Å². The van der Waals surface area contributed by atoms with Gasteiger partial charge in [0.2, 0.25) is 0 Å². The first-order valence-electron chi connectivity index (χ1n) is 7.33. The second-order valence-corrected chi connectivity index (χ2v) is 6.90. The lowest BCUT2D eigenvalue weighted by molar-refractivity contribution is 0.00329. The Balaban J connectivity index is 2.63. The van der Waals surface area contributed by atoms with Crippen LogP contribution in [0.1, 0.15) is 47.5 Å². The summed E-state index contributed by atoms with van der Waals surface area (Å²) in [4.78, 5) is 13.9. The molecule has 2 unspecified atom stereocenters. The number of amides is 1. The van der Waals surface area contributed by atoms with E-state index in [9.17, 15) is 4.79 Å². The molecule has 1 heterocycles. The van der Waals surface area contributed by atoms with Gasteiger partial charge in [0, 0.05) is 19.7 Å². The number of carbonyl (C=O) groups excluding carboxylic acids is 1. The Bertz CT molecular complexity index is 296. The first kappa shape index (κ1) is 16.3. The highest BCUT2D eigenvalue weighted by Crippen LogP contribution is 2.32. The second kappa shape index (κ2) is 6.60. The van der Waals surface area contributed by atoms with Crippen molar-refractivity contribution in [3.63, 3.8) is 0 Å². The van der Waals surface area contributed by atoms with Crippen molar-refractivity contribution < 1.29 is 14.6 Å². The molecule has 4 heteroatoms. The number of aliphatic hydroxyl groups excluding tert-OH is 1. The fourth-order valence-corrected chi connectivity index (χ4v) is 2.80. The summed E-state index contributed by atoms with van der Waals surface area (Å²) in [6.07, 6.45) is 1.59. The minimum absolute atomic E-state index is 0.208. The normalized spacial score (nSPS) is 24.7. The van der Waals surface area contributed by atoms with E-state index in [1.165, 1.54) is 0 Å². The molecular formula is C15H29NO3. The molecule has 0 aromatic carbocycles. The standard InChI is InChI=1S/C15H29NO3/c1-11(2)13-10-16(8-6-12(13)7-9-17)14(18)19-15(3,4)5/h11-13,17H,6-10H2,1-5H3. The van der Waals surface area contributed by atoms with Crippen LogP contribution >= 0.6 is 0 Å².